The van der Waals surface area contributed by atoms with Gasteiger partial charge in [0.2, 0.25) is 7.37 Å². The highest BCUT2D eigenvalue weighted by Crippen LogP contribution is 2.52. The fourth-order valence-corrected chi connectivity index (χ4v) is 3.38. The first-order valence-corrected chi connectivity index (χ1v) is 5.98. The van der Waals surface area contributed by atoms with Crippen LogP contribution in [0.3, 0.4) is 0 Å². The minimum atomic E-state index is -2.29. The third-order valence-electron chi connectivity index (χ3n) is 1.76. The third kappa shape index (κ3) is 2.09. The average molecular weight is 172 g/mol. The van der Waals surface area contributed by atoms with Crippen LogP contribution in [0, 0.1) is 17.8 Å². The van der Waals surface area contributed by atoms with E-state index in [4.69, 9.17) is 4.52 Å². The lowest BCUT2D eigenvalue weighted by atomic mass is 10.1. The van der Waals surface area contributed by atoms with Crippen molar-refractivity contribution >= 4 is 7.37 Å². The van der Waals surface area contributed by atoms with Gasteiger partial charge in [-0.1, -0.05) is 12.8 Å². The molecule has 3 atom stereocenters. The Hall–Kier alpha value is -0.250. The Labute approximate surface area is 67.8 Å². The molecule has 1 aliphatic rings. The molecule has 0 aromatic heterocycles. The second kappa shape index (κ2) is 3.01. The molecule has 1 rings (SSSR count). The minimum Gasteiger partial charge on any atom is -0.312 e. The minimum absolute atomic E-state index is 0.101. The Balaban J connectivity index is 2.72. The van der Waals surface area contributed by atoms with Crippen LogP contribution in [0.2, 0.25) is 0 Å². The summed E-state index contributed by atoms with van der Waals surface area (Å²) in [6, 6.07) is 0. The first-order chi connectivity index (χ1) is 5.05. The molecule has 1 heterocycles. The maximum Gasteiger partial charge on any atom is 0.201 e. The summed E-state index contributed by atoms with van der Waals surface area (Å²) < 4.78 is 16.7. The fraction of sp³-hybridized carbons (Fsp3) is 0.750. The van der Waals surface area contributed by atoms with Crippen LogP contribution < -0.4 is 0 Å². The van der Waals surface area contributed by atoms with E-state index in [0.29, 0.717) is 12.1 Å². The van der Waals surface area contributed by atoms with Gasteiger partial charge in [0.15, 0.2) is 0 Å². The van der Waals surface area contributed by atoms with Crippen molar-refractivity contribution in [3.63, 3.8) is 0 Å². The van der Waals surface area contributed by atoms with E-state index in [9.17, 15) is 4.57 Å². The first-order valence-electron chi connectivity index (χ1n) is 3.72. The van der Waals surface area contributed by atoms with Crippen LogP contribution in [-0.2, 0) is 9.09 Å². The Morgan fingerprint density at radius 2 is 2.27 bits per heavy atom. The van der Waals surface area contributed by atoms with Crippen LogP contribution in [-0.4, -0.2) is 18.9 Å². The Morgan fingerprint density at radius 1 is 1.64 bits per heavy atom. The molecule has 0 N–H and O–H groups in total. The second-order valence-electron chi connectivity index (χ2n) is 3.09. The number of hydrogen-bond donors (Lipinski definition) is 0. The molecule has 3 unspecified atom stereocenters. The van der Waals surface area contributed by atoms with E-state index in [-0.39, 0.29) is 6.10 Å². The molecule has 2 nitrogen and oxygen atoms in total. The van der Waals surface area contributed by atoms with Crippen molar-refractivity contribution in [1.29, 1.82) is 0 Å². The van der Waals surface area contributed by atoms with E-state index in [1.54, 1.807) is 13.6 Å². The molecule has 1 fully saturated rings. The Morgan fingerprint density at radius 3 is 2.64 bits per heavy atom. The van der Waals surface area contributed by atoms with E-state index in [1.165, 1.54) is 0 Å². The lowest BCUT2D eigenvalue weighted by Crippen LogP contribution is -2.10. The highest BCUT2D eigenvalue weighted by Gasteiger charge is 2.35. The van der Waals surface area contributed by atoms with Crippen LogP contribution >= 0.6 is 7.37 Å². The highest BCUT2D eigenvalue weighted by atomic mass is 31.2. The van der Waals surface area contributed by atoms with Gasteiger partial charge in [-0.05, 0) is 6.92 Å². The van der Waals surface area contributed by atoms with Crippen LogP contribution in [0.25, 0.3) is 0 Å². The van der Waals surface area contributed by atoms with E-state index in [1.807, 2.05) is 6.92 Å². The summed E-state index contributed by atoms with van der Waals surface area (Å²) in [6.07, 6.45) is 0.572. The zero-order chi connectivity index (χ0) is 8.48. The van der Waals surface area contributed by atoms with E-state index in [0.717, 1.165) is 0 Å². The highest BCUT2D eigenvalue weighted by molar-refractivity contribution is 7.58. The molecule has 0 radical (unpaired) electrons. The van der Waals surface area contributed by atoms with Gasteiger partial charge in [-0.2, -0.15) is 0 Å². The van der Waals surface area contributed by atoms with Gasteiger partial charge in [0.05, 0.1) is 0 Å². The Kier molecular flexibility index (Phi) is 2.42. The second-order valence-corrected chi connectivity index (χ2v) is 5.70. The molecular weight excluding hydrogens is 159 g/mol. The summed E-state index contributed by atoms with van der Waals surface area (Å²) in [4.78, 5) is 0. The summed E-state index contributed by atoms with van der Waals surface area (Å²) >= 11 is 0. The Bertz CT molecular complexity index is 249. The van der Waals surface area contributed by atoms with Crippen molar-refractivity contribution in [2.45, 2.75) is 20.0 Å². The van der Waals surface area contributed by atoms with Crippen LogP contribution in [0.1, 0.15) is 13.8 Å². The van der Waals surface area contributed by atoms with Gasteiger partial charge >= 0.3 is 0 Å². The zero-order valence-corrected chi connectivity index (χ0v) is 8.02. The average Bonchev–Trinajstić information content (AvgIpc) is 2.07. The van der Waals surface area contributed by atoms with Gasteiger partial charge in [-0.15, -0.1) is 5.92 Å². The maximum absolute atomic E-state index is 11.4. The molecule has 11 heavy (non-hydrogen) atoms. The SMILES string of the molecule is CC#CC1OP(C)(=O)CC1C. The molecule has 0 saturated carbocycles. The molecule has 0 amide bonds. The normalized spacial score (nSPS) is 43.2. The van der Waals surface area contributed by atoms with E-state index >= 15 is 0 Å². The van der Waals surface area contributed by atoms with Gasteiger partial charge in [-0.25, -0.2) is 0 Å². The molecular formula is C8H13O2P. The van der Waals surface area contributed by atoms with Crippen molar-refractivity contribution in [3.05, 3.63) is 0 Å². The molecule has 0 aromatic rings. The van der Waals surface area contributed by atoms with E-state index in [2.05, 4.69) is 11.8 Å². The third-order valence-corrected chi connectivity index (χ3v) is 3.67. The van der Waals surface area contributed by atoms with Gasteiger partial charge in [0, 0.05) is 18.7 Å². The molecule has 0 aliphatic carbocycles. The summed E-state index contributed by atoms with van der Waals surface area (Å²) in [5.41, 5.74) is 0. The van der Waals surface area contributed by atoms with Crippen LogP contribution in [0.15, 0.2) is 0 Å². The molecule has 62 valence electrons. The van der Waals surface area contributed by atoms with Crippen molar-refractivity contribution < 1.29 is 9.09 Å². The van der Waals surface area contributed by atoms with Gasteiger partial charge in [0.1, 0.15) is 6.10 Å². The fourth-order valence-electron chi connectivity index (χ4n) is 1.32. The summed E-state index contributed by atoms with van der Waals surface area (Å²) in [5.74, 6) is 6.00. The molecule has 3 heteroatoms. The monoisotopic (exact) mass is 172 g/mol. The predicted octanol–water partition coefficient (Wildman–Crippen LogP) is 1.95. The van der Waals surface area contributed by atoms with Gasteiger partial charge in [-0.3, -0.25) is 4.57 Å². The lowest BCUT2D eigenvalue weighted by molar-refractivity contribution is 0.255. The molecule has 1 saturated heterocycles. The van der Waals surface area contributed by atoms with Crippen molar-refractivity contribution in [3.8, 4) is 11.8 Å². The quantitative estimate of drug-likeness (QED) is 0.412. The van der Waals surface area contributed by atoms with E-state index < -0.39 is 7.37 Å². The predicted molar refractivity (Wildman–Crippen MR) is 45.9 cm³/mol. The van der Waals surface area contributed by atoms with Crippen molar-refractivity contribution in [2.75, 3.05) is 12.8 Å². The maximum atomic E-state index is 11.4. The van der Waals surface area contributed by atoms with Crippen LogP contribution in [0.4, 0.5) is 0 Å². The summed E-state index contributed by atoms with van der Waals surface area (Å²) in [6.45, 7) is 5.48. The van der Waals surface area contributed by atoms with Gasteiger partial charge in [0.25, 0.3) is 0 Å². The molecule has 0 aromatic carbocycles. The summed E-state index contributed by atoms with van der Waals surface area (Å²) in [7, 11) is -2.29. The van der Waals surface area contributed by atoms with Crippen molar-refractivity contribution in [2.24, 2.45) is 5.92 Å². The van der Waals surface area contributed by atoms with Gasteiger partial charge < -0.3 is 4.52 Å². The molecule has 0 bridgehead atoms. The smallest absolute Gasteiger partial charge is 0.201 e. The molecule has 0 spiro atoms. The zero-order valence-electron chi connectivity index (χ0n) is 7.13. The summed E-state index contributed by atoms with van der Waals surface area (Å²) in [5, 5.41) is 0. The molecule has 1 aliphatic heterocycles. The largest absolute Gasteiger partial charge is 0.312 e. The standard InChI is InChI=1S/C8H13O2P/c1-4-5-8-7(2)6-11(3,9)10-8/h7-8H,6H2,1-3H3. The number of hydrogen-bond acceptors (Lipinski definition) is 2. The first kappa shape index (κ1) is 8.84. The topological polar surface area (TPSA) is 26.3 Å². The lowest BCUT2D eigenvalue weighted by Gasteiger charge is -2.04. The number of rotatable bonds is 0. The van der Waals surface area contributed by atoms with Crippen molar-refractivity contribution in [1.82, 2.24) is 0 Å². The van der Waals surface area contributed by atoms with Crippen LogP contribution in [0.5, 0.6) is 0 Å².